The summed E-state index contributed by atoms with van der Waals surface area (Å²) in [6.07, 6.45) is 6.70. The van der Waals surface area contributed by atoms with E-state index in [1.807, 2.05) is 13.0 Å². The Hall–Kier alpha value is -3.48. The van der Waals surface area contributed by atoms with Crippen LogP contribution in [0.4, 0.5) is 20.7 Å². The number of halogens is 1. The van der Waals surface area contributed by atoms with Crippen molar-refractivity contribution in [3.8, 4) is 5.75 Å². The molecule has 1 aromatic carbocycles. The number of anilines is 2. The van der Waals surface area contributed by atoms with E-state index in [2.05, 4.69) is 27.4 Å². The third kappa shape index (κ3) is 3.20. The van der Waals surface area contributed by atoms with Crippen molar-refractivity contribution in [3.63, 3.8) is 0 Å². The first-order chi connectivity index (χ1) is 15.6. The lowest BCUT2D eigenvalue weighted by Crippen LogP contribution is -2.40. The van der Waals surface area contributed by atoms with Crippen LogP contribution in [0.15, 0.2) is 42.7 Å². The number of rotatable bonds is 3. The van der Waals surface area contributed by atoms with Gasteiger partial charge in [-0.05, 0) is 73.4 Å². The number of urea groups is 1. The molecule has 1 fully saturated rings. The number of aromatic nitrogens is 2. The molecule has 1 unspecified atom stereocenters. The Morgan fingerprint density at radius 2 is 2.03 bits per heavy atom. The second-order valence-corrected chi connectivity index (χ2v) is 8.78. The number of fused-ring (bicyclic) bond motifs is 2. The summed E-state index contributed by atoms with van der Waals surface area (Å²) < 4.78 is 20.5. The molecular formula is C25H23FN4O2. The molecule has 1 saturated carbocycles. The Bertz CT molecular complexity index is 1240. The molecule has 7 heteroatoms. The molecule has 4 heterocycles. The summed E-state index contributed by atoms with van der Waals surface area (Å²) in [6.45, 7) is 2.48. The van der Waals surface area contributed by atoms with E-state index in [1.54, 1.807) is 23.4 Å². The molecule has 2 aromatic heterocycles. The van der Waals surface area contributed by atoms with E-state index in [1.165, 1.54) is 24.5 Å². The van der Waals surface area contributed by atoms with Gasteiger partial charge in [0.1, 0.15) is 29.2 Å². The summed E-state index contributed by atoms with van der Waals surface area (Å²) in [6, 6.07) is 8.83. The third-order valence-electron chi connectivity index (χ3n) is 6.60. The van der Waals surface area contributed by atoms with Crippen molar-refractivity contribution in [2.24, 2.45) is 0 Å². The maximum absolute atomic E-state index is 14.3. The van der Waals surface area contributed by atoms with Crippen LogP contribution in [0.1, 0.15) is 59.2 Å². The maximum atomic E-state index is 14.3. The van der Waals surface area contributed by atoms with Crippen LogP contribution < -0.4 is 15.0 Å². The molecule has 6 nitrogen and oxygen atoms in total. The zero-order valence-electron chi connectivity index (χ0n) is 17.8. The van der Waals surface area contributed by atoms with Gasteiger partial charge in [-0.1, -0.05) is 6.07 Å². The SMILES string of the molecule is Cc1cc2c(cc1N1Cc3c(C4CC4)ccnc3NC1=O)OC(c1ncccc1F)CC2. The zero-order valence-corrected chi connectivity index (χ0v) is 17.8. The Kier molecular flexibility index (Phi) is 4.38. The van der Waals surface area contributed by atoms with Crippen LogP contribution in [-0.2, 0) is 13.0 Å². The van der Waals surface area contributed by atoms with Gasteiger partial charge in [0.2, 0.25) is 0 Å². The van der Waals surface area contributed by atoms with Gasteiger partial charge in [-0.25, -0.2) is 14.2 Å². The fourth-order valence-electron chi connectivity index (χ4n) is 4.81. The molecule has 0 radical (unpaired) electrons. The molecule has 162 valence electrons. The van der Waals surface area contributed by atoms with Gasteiger partial charge in [0.15, 0.2) is 0 Å². The first kappa shape index (κ1) is 19.2. The minimum atomic E-state index is -0.444. The fourth-order valence-corrected chi connectivity index (χ4v) is 4.81. The second-order valence-electron chi connectivity index (χ2n) is 8.78. The number of amides is 2. The van der Waals surface area contributed by atoms with Crippen molar-refractivity contribution in [3.05, 3.63) is 76.5 Å². The lowest BCUT2D eigenvalue weighted by atomic mass is 9.96. The number of carbonyl (C=O) groups excluding carboxylic acids is 1. The molecular weight excluding hydrogens is 407 g/mol. The number of aryl methyl sites for hydroxylation is 2. The molecule has 0 saturated heterocycles. The Balaban J connectivity index is 1.35. The first-order valence-corrected chi connectivity index (χ1v) is 11.1. The van der Waals surface area contributed by atoms with Crippen molar-refractivity contribution in [1.82, 2.24) is 9.97 Å². The Morgan fingerprint density at radius 3 is 2.84 bits per heavy atom. The molecule has 1 aliphatic carbocycles. The lowest BCUT2D eigenvalue weighted by Gasteiger charge is -2.33. The van der Waals surface area contributed by atoms with Gasteiger partial charge in [-0.2, -0.15) is 0 Å². The fraction of sp³-hybridized carbons (Fsp3) is 0.320. The number of hydrogen-bond donors (Lipinski definition) is 1. The summed E-state index contributed by atoms with van der Waals surface area (Å²) in [7, 11) is 0. The van der Waals surface area contributed by atoms with Gasteiger partial charge >= 0.3 is 6.03 Å². The summed E-state index contributed by atoms with van der Waals surface area (Å²) >= 11 is 0. The van der Waals surface area contributed by atoms with Gasteiger partial charge < -0.3 is 4.74 Å². The minimum Gasteiger partial charge on any atom is -0.484 e. The highest BCUT2D eigenvalue weighted by Crippen LogP contribution is 2.45. The van der Waals surface area contributed by atoms with Crippen LogP contribution in [0.25, 0.3) is 0 Å². The van der Waals surface area contributed by atoms with Crippen molar-refractivity contribution < 1.29 is 13.9 Å². The molecule has 1 N–H and O–H groups in total. The molecule has 2 amide bonds. The Labute approximate surface area is 185 Å². The van der Waals surface area contributed by atoms with E-state index in [4.69, 9.17) is 4.74 Å². The average molecular weight is 430 g/mol. The number of pyridine rings is 2. The molecule has 1 atom stereocenters. The summed E-state index contributed by atoms with van der Waals surface area (Å²) in [5.41, 5.74) is 5.55. The monoisotopic (exact) mass is 430 g/mol. The molecule has 32 heavy (non-hydrogen) atoms. The van der Waals surface area contributed by atoms with Crippen LogP contribution in [0.5, 0.6) is 5.75 Å². The highest BCUT2D eigenvalue weighted by molar-refractivity contribution is 6.04. The van der Waals surface area contributed by atoms with Gasteiger partial charge in [-0.15, -0.1) is 0 Å². The standard InChI is InChI=1S/C25H23FN4O2/c1-14-11-16-6-7-21(23-19(26)3-2-9-27-23)32-22(16)12-20(14)30-13-18-17(15-4-5-15)8-10-28-24(18)29-25(30)31/h2-3,8-12,15,21H,4-7,13H2,1H3,(H,28,29,31). The average Bonchev–Trinajstić information content (AvgIpc) is 3.63. The lowest BCUT2D eigenvalue weighted by molar-refractivity contribution is 0.167. The molecule has 3 aromatic rings. The van der Waals surface area contributed by atoms with E-state index in [9.17, 15) is 9.18 Å². The van der Waals surface area contributed by atoms with Crippen molar-refractivity contribution >= 4 is 17.5 Å². The highest BCUT2D eigenvalue weighted by atomic mass is 19.1. The third-order valence-corrected chi connectivity index (χ3v) is 6.60. The molecule has 2 aliphatic heterocycles. The van der Waals surface area contributed by atoms with Gasteiger partial charge in [0, 0.05) is 24.0 Å². The number of hydrogen-bond acceptors (Lipinski definition) is 4. The summed E-state index contributed by atoms with van der Waals surface area (Å²) in [5.74, 6) is 1.54. The number of benzene rings is 1. The minimum absolute atomic E-state index is 0.205. The van der Waals surface area contributed by atoms with Crippen LogP contribution in [0, 0.1) is 12.7 Å². The van der Waals surface area contributed by atoms with Crippen LogP contribution in [0.2, 0.25) is 0 Å². The number of ether oxygens (including phenoxy) is 1. The van der Waals surface area contributed by atoms with Gasteiger partial charge in [0.25, 0.3) is 0 Å². The molecule has 0 spiro atoms. The summed E-state index contributed by atoms with van der Waals surface area (Å²) in [4.78, 5) is 23.3. The largest absolute Gasteiger partial charge is 0.484 e. The predicted molar refractivity (Wildman–Crippen MR) is 118 cm³/mol. The van der Waals surface area contributed by atoms with Crippen molar-refractivity contribution in [2.45, 2.75) is 51.2 Å². The molecule has 3 aliphatic rings. The Morgan fingerprint density at radius 1 is 1.16 bits per heavy atom. The van der Waals surface area contributed by atoms with Crippen LogP contribution in [0.3, 0.4) is 0 Å². The van der Waals surface area contributed by atoms with Crippen molar-refractivity contribution in [2.75, 3.05) is 10.2 Å². The molecule has 6 rings (SSSR count). The predicted octanol–water partition coefficient (Wildman–Crippen LogP) is 5.42. The highest BCUT2D eigenvalue weighted by Gasteiger charge is 2.34. The van der Waals surface area contributed by atoms with E-state index < -0.39 is 6.10 Å². The van der Waals surface area contributed by atoms with E-state index in [0.29, 0.717) is 36.1 Å². The van der Waals surface area contributed by atoms with Crippen molar-refractivity contribution in [1.29, 1.82) is 0 Å². The van der Waals surface area contributed by atoms with E-state index in [-0.39, 0.29) is 11.8 Å². The first-order valence-electron chi connectivity index (χ1n) is 11.1. The zero-order chi connectivity index (χ0) is 21.8. The number of nitrogens with zero attached hydrogens (tertiary/aromatic N) is 3. The smallest absolute Gasteiger partial charge is 0.327 e. The van der Waals surface area contributed by atoms with E-state index in [0.717, 1.165) is 28.8 Å². The quantitative estimate of drug-likeness (QED) is 0.603. The van der Waals surface area contributed by atoms with Crippen LogP contribution >= 0.6 is 0 Å². The van der Waals surface area contributed by atoms with Gasteiger partial charge in [0.05, 0.1) is 12.2 Å². The molecule has 0 bridgehead atoms. The number of nitrogens with one attached hydrogen (secondary N) is 1. The number of carbonyl (C=O) groups is 1. The maximum Gasteiger partial charge on any atom is 0.327 e. The van der Waals surface area contributed by atoms with E-state index >= 15 is 0 Å². The second kappa shape index (κ2) is 7.29. The van der Waals surface area contributed by atoms with Gasteiger partial charge in [-0.3, -0.25) is 15.2 Å². The summed E-state index contributed by atoms with van der Waals surface area (Å²) in [5, 5.41) is 2.96. The topological polar surface area (TPSA) is 67.4 Å². The van der Waals surface area contributed by atoms with Crippen LogP contribution in [-0.4, -0.2) is 16.0 Å². The normalized spacial score (nSPS) is 19.6.